The zero-order valence-corrected chi connectivity index (χ0v) is 18.2. The van der Waals surface area contributed by atoms with Crippen LogP contribution < -0.4 is 10.1 Å². The number of nitrogens with zero attached hydrogens (tertiary/aromatic N) is 3. The van der Waals surface area contributed by atoms with Crippen molar-refractivity contribution in [2.75, 3.05) is 19.0 Å². The molecule has 1 N–H and O–H groups in total. The van der Waals surface area contributed by atoms with Crippen molar-refractivity contribution in [1.82, 2.24) is 14.8 Å². The predicted molar refractivity (Wildman–Crippen MR) is 124 cm³/mol. The Morgan fingerprint density at radius 3 is 2.68 bits per heavy atom. The molecule has 0 amide bonds. The number of pyridine rings is 1. The van der Waals surface area contributed by atoms with Gasteiger partial charge in [-0.3, -0.25) is 9.67 Å². The number of rotatable bonds is 9. The summed E-state index contributed by atoms with van der Waals surface area (Å²) in [6, 6.07) is 16.5. The molecule has 4 rings (SSSR count). The van der Waals surface area contributed by atoms with E-state index in [1.165, 1.54) is 5.56 Å². The molecule has 0 saturated carbocycles. The van der Waals surface area contributed by atoms with Gasteiger partial charge in [0.25, 0.3) is 0 Å². The second-order valence-corrected chi connectivity index (χ2v) is 7.71. The van der Waals surface area contributed by atoms with Crippen LogP contribution in [0, 0.1) is 0 Å². The number of para-hydroxylation sites is 1. The van der Waals surface area contributed by atoms with Gasteiger partial charge in [0.05, 0.1) is 36.7 Å². The van der Waals surface area contributed by atoms with Gasteiger partial charge in [-0.25, -0.2) is 0 Å². The molecule has 0 fully saturated rings. The van der Waals surface area contributed by atoms with E-state index >= 15 is 0 Å². The van der Waals surface area contributed by atoms with Gasteiger partial charge >= 0.3 is 0 Å². The highest BCUT2D eigenvalue weighted by molar-refractivity contribution is 6.00. The first-order valence-electron chi connectivity index (χ1n) is 10.5. The van der Waals surface area contributed by atoms with Crippen LogP contribution in [0.2, 0.25) is 0 Å². The maximum Gasteiger partial charge on any atom is 0.119 e. The number of methoxy groups -OCH3 is 1. The summed E-state index contributed by atoms with van der Waals surface area (Å²) >= 11 is 0. The molecule has 2 aromatic carbocycles. The summed E-state index contributed by atoms with van der Waals surface area (Å²) in [7, 11) is 1.70. The fraction of sp³-hybridized carbons (Fsp3) is 0.280. The second-order valence-electron chi connectivity index (χ2n) is 7.71. The van der Waals surface area contributed by atoms with Gasteiger partial charge in [0.2, 0.25) is 0 Å². The molecule has 0 atom stereocenters. The Morgan fingerprint density at radius 2 is 1.90 bits per heavy atom. The lowest BCUT2D eigenvalue weighted by atomic mass is 10.0. The van der Waals surface area contributed by atoms with Crippen LogP contribution in [0.15, 0.2) is 67.1 Å². The minimum Gasteiger partial charge on any atom is -0.491 e. The molecule has 0 saturated heterocycles. The number of hydrogen-bond donors (Lipinski definition) is 1. The average Bonchev–Trinajstić information content (AvgIpc) is 3.25. The normalized spacial score (nSPS) is 11.2. The molecule has 2 aromatic heterocycles. The minimum atomic E-state index is 0.173. The van der Waals surface area contributed by atoms with Crippen molar-refractivity contribution in [2.24, 2.45) is 0 Å². The Kier molecular flexibility index (Phi) is 6.48. The highest BCUT2D eigenvalue weighted by Crippen LogP contribution is 2.31. The van der Waals surface area contributed by atoms with Crippen LogP contribution >= 0.6 is 0 Å². The van der Waals surface area contributed by atoms with Crippen LogP contribution in [0.3, 0.4) is 0 Å². The average molecular weight is 417 g/mol. The third kappa shape index (κ3) is 5.03. The minimum absolute atomic E-state index is 0.173. The van der Waals surface area contributed by atoms with Crippen LogP contribution in [0.1, 0.15) is 19.4 Å². The molecule has 0 radical (unpaired) electrons. The van der Waals surface area contributed by atoms with E-state index in [1.54, 1.807) is 7.11 Å². The zero-order chi connectivity index (χ0) is 21.6. The van der Waals surface area contributed by atoms with E-state index in [0.717, 1.165) is 40.0 Å². The number of nitrogens with one attached hydrogen (secondary N) is 1. The van der Waals surface area contributed by atoms with Crippen molar-refractivity contribution in [1.29, 1.82) is 0 Å². The molecule has 160 valence electrons. The molecular formula is C25H28N4O2. The number of hydrogen-bond acceptors (Lipinski definition) is 5. The third-order valence-electron chi connectivity index (χ3n) is 5.02. The van der Waals surface area contributed by atoms with Crippen LogP contribution in [-0.2, 0) is 17.8 Å². The Labute approximate surface area is 182 Å². The van der Waals surface area contributed by atoms with E-state index < -0.39 is 0 Å². The van der Waals surface area contributed by atoms with Gasteiger partial charge in [-0.2, -0.15) is 5.10 Å². The lowest BCUT2D eigenvalue weighted by molar-refractivity contribution is 0.183. The smallest absolute Gasteiger partial charge is 0.119 e. The standard InChI is InChI=1S/C25H28N4O2/c1-18(2)31-21-9-7-19(8-10-21)15-27-24-6-4-5-23-22(11-12-26-25(23)24)20-16-28-29(17-20)13-14-30-3/h4-12,16-18,27H,13-15H2,1-3H3. The summed E-state index contributed by atoms with van der Waals surface area (Å²) in [5, 5.41) is 9.08. The summed E-state index contributed by atoms with van der Waals surface area (Å²) in [4.78, 5) is 4.65. The number of fused-ring (bicyclic) bond motifs is 1. The van der Waals surface area contributed by atoms with E-state index in [1.807, 2.05) is 49.1 Å². The number of aromatic nitrogens is 3. The van der Waals surface area contributed by atoms with Gasteiger partial charge in [-0.05, 0) is 49.2 Å². The summed E-state index contributed by atoms with van der Waals surface area (Å²) in [5.41, 5.74) is 5.33. The Bertz CT molecular complexity index is 1140. The van der Waals surface area contributed by atoms with Crippen LogP contribution in [0.4, 0.5) is 5.69 Å². The van der Waals surface area contributed by atoms with Crippen molar-refractivity contribution < 1.29 is 9.47 Å². The molecule has 4 aromatic rings. The molecule has 0 aliphatic heterocycles. The van der Waals surface area contributed by atoms with E-state index in [9.17, 15) is 0 Å². The summed E-state index contributed by atoms with van der Waals surface area (Å²) < 4.78 is 12.8. The highest BCUT2D eigenvalue weighted by atomic mass is 16.5. The zero-order valence-electron chi connectivity index (χ0n) is 18.2. The van der Waals surface area contributed by atoms with E-state index in [-0.39, 0.29) is 6.10 Å². The van der Waals surface area contributed by atoms with Crippen LogP contribution in [-0.4, -0.2) is 34.6 Å². The van der Waals surface area contributed by atoms with Gasteiger partial charge in [0.15, 0.2) is 0 Å². The largest absolute Gasteiger partial charge is 0.491 e. The lowest BCUT2D eigenvalue weighted by Gasteiger charge is -2.12. The fourth-order valence-electron chi connectivity index (χ4n) is 3.54. The molecule has 0 unspecified atom stereocenters. The maximum atomic E-state index is 5.72. The van der Waals surface area contributed by atoms with Gasteiger partial charge in [-0.15, -0.1) is 0 Å². The van der Waals surface area contributed by atoms with Crippen molar-refractivity contribution in [3.63, 3.8) is 0 Å². The number of anilines is 1. The number of ether oxygens (including phenoxy) is 2. The number of benzene rings is 2. The Hall–Kier alpha value is -3.38. The molecule has 2 heterocycles. The van der Waals surface area contributed by atoms with Crippen molar-refractivity contribution in [3.8, 4) is 16.9 Å². The SMILES string of the molecule is COCCn1cc(-c2ccnc3c(NCc4ccc(OC(C)C)cc4)cccc23)cn1. The van der Waals surface area contributed by atoms with Gasteiger partial charge < -0.3 is 14.8 Å². The van der Waals surface area contributed by atoms with Gasteiger partial charge in [0.1, 0.15) is 5.75 Å². The van der Waals surface area contributed by atoms with E-state index in [0.29, 0.717) is 13.2 Å². The quantitative estimate of drug-likeness (QED) is 0.409. The maximum absolute atomic E-state index is 5.72. The molecule has 6 heteroatoms. The molecule has 0 aliphatic carbocycles. The first-order valence-corrected chi connectivity index (χ1v) is 10.5. The van der Waals surface area contributed by atoms with E-state index in [2.05, 4.69) is 51.9 Å². The highest BCUT2D eigenvalue weighted by Gasteiger charge is 2.10. The fourth-order valence-corrected chi connectivity index (χ4v) is 3.54. The molecule has 6 nitrogen and oxygen atoms in total. The Morgan fingerprint density at radius 1 is 1.06 bits per heavy atom. The molecular weight excluding hydrogens is 388 g/mol. The van der Waals surface area contributed by atoms with Crippen LogP contribution in [0.25, 0.3) is 22.0 Å². The Balaban J connectivity index is 1.54. The summed E-state index contributed by atoms with van der Waals surface area (Å²) in [6.07, 6.45) is 5.97. The third-order valence-corrected chi connectivity index (χ3v) is 5.02. The molecule has 31 heavy (non-hydrogen) atoms. The molecule has 0 aliphatic rings. The molecule has 0 bridgehead atoms. The van der Waals surface area contributed by atoms with Gasteiger partial charge in [-0.1, -0.05) is 24.3 Å². The van der Waals surface area contributed by atoms with Gasteiger partial charge in [0, 0.05) is 37.0 Å². The topological polar surface area (TPSA) is 61.2 Å². The van der Waals surface area contributed by atoms with Crippen molar-refractivity contribution in [3.05, 3.63) is 72.7 Å². The van der Waals surface area contributed by atoms with Crippen molar-refractivity contribution >= 4 is 16.6 Å². The summed E-state index contributed by atoms with van der Waals surface area (Å²) in [5.74, 6) is 0.890. The first-order chi connectivity index (χ1) is 15.1. The monoisotopic (exact) mass is 416 g/mol. The van der Waals surface area contributed by atoms with Crippen LogP contribution in [0.5, 0.6) is 5.75 Å². The van der Waals surface area contributed by atoms with Crippen molar-refractivity contribution in [2.45, 2.75) is 33.0 Å². The first kappa shape index (κ1) is 20.9. The summed E-state index contributed by atoms with van der Waals surface area (Å²) in [6.45, 7) is 6.13. The van der Waals surface area contributed by atoms with E-state index in [4.69, 9.17) is 9.47 Å². The molecule has 0 spiro atoms. The lowest BCUT2D eigenvalue weighted by Crippen LogP contribution is -2.05. The second kappa shape index (κ2) is 9.62. The predicted octanol–water partition coefficient (Wildman–Crippen LogP) is 5.14.